The molecule has 0 bridgehead atoms. The second-order valence-corrected chi connectivity index (χ2v) is 7.53. The number of H-pyrrole nitrogens is 1. The number of nitriles is 1. The van der Waals surface area contributed by atoms with Crippen LogP contribution in [-0.2, 0) is 11.3 Å². The van der Waals surface area contributed by atoms with Crippen LogP contribution in [-0.4, -0.2) is 22.8 Å². The van der Waals surface area contributed by atoms with E-state index in [1.807, 2.05) is 6.07 Å². The molecule has 0 unspecified atom stereocenters. The minimum atomic E-state index is -0.495. The van der Waals surface area contributed by atoms with Crippen molar-refractivity contribution in [2.75, 3.05) is 12.9 Å². The summed E-state index contributed by atoms with van der Waals surface area (Å²) in [5.41, 5.74) is 0.838. The van der Waals surface area contributed by atoms with E-state index >= 15 is 0 Å². The third-order valence-electron chi connectivity index (χ3n) is 4.86. The molecule has 1 aliphatic carbocycles. The Balaban J connectivity index is 1.89. The van der Waals surface area contributed by atoms with Gasteiger partial charge in [-0.2, -0.15) is 5.26 Å². The van der Waals surface area contributed by atoms with Gasteiger partial charge in [-0.3, -0.25) is 4.79 Å². The summed E-state index contributed by atoms with van der Waals surface area (Å²) in [5, 5.41) is 9.80. The number of nitrogens with one attached hydrogen (secondary N) is 1. The Kier molecular flexibility index (Phi) is 6.64. The van der Waals surface area contributed by atoms with Gasteiger partial charge in [0.2, 0.25) is 0 Å². The molecule has 142 valence electrons. The third kappa shape index (κ3) is 4.76. The molecule has 1 heterocycles. The van der Waals surface area contributed by atoms with Gasteiger partial charge in [-0.25, -0.2) is 9.37 Å². The number of aromatic amines is 1. The van der Waals surface area contributed by atoms with Crippen LogP contribution in [0.5, 0.6) is 0 Å². The Morgan fingerprint density at radius 2 is 2.15 bits per heavy atom. The normalized spacial score (nSPS) is 14.9. The zero-order valence-corrected chi connectivity index (χ0v) is 16.1. The smallest absolute Gasteiger partial charge is 0.270 e. The van der Waals surface area contributed by atoms with Crippen LogP contribution in [0.25, 0.3) is 11.3 Å². The van der Waals surface area contributed by atoms with Crippen LogP contribution in [0.2, 0.25) is 0 Å². The summed E-state index contributed by atoms with van der Waals surface area (Å²) < 4.78 is 19.7. The summed E-state index contributed by atoms with van der Waals surface area (Å²) in [6.07, 6.45) is 7.88. The predicted molar refractivity (Wildman–Crippen MR) is 103 cm³/mol. The molecule has 0 amide bonds. The highest BCUT2D eigenvalue weighted by Gasteiger charge is 2.18. The van der Waals surface area contributed by atoms with Gasteiger partial charge in [0, 0.05) is 12.2 Å². The van der Waals surface area contributed by atoms with Crippen LogP contribution in [0.15, 0.2) is 28.2 Å². The molecule has 1 aromatic heterocycles. The van der Waals surface area contributed by atoms with Gasteiger partial charge in [0.15, 0.2) is 5.16 Å². The fourth-order valence-electron chi connectivity index (χ4n) is 3.45. The fraction of sp³-hybridized carbons (Fsp3) is 0.450. The van der Waals surface area contributed by atoms with Crippen LogP contribution in [0.4, 0.5) is 4.39 Å². The second-order valence-electron chi connectivity index (χ2n) is 6.73. The van der Waals surface area contributed by atoms with Gasteiger partial charge in [-0.05, 0) is 48.8 Å². The van der Waals surface area contributed by atoms with Crippen molar-refractivity contribution in [3.63, 3.8) is 0 Å². The Bertz CT molecular complexity index is 901. The van der Waals surface area contributed by atoms with Crippen LogP contribution < -0.4 is 5.56 Å². The van der Waals surface area contributed by atoms with Crippen LogP contribution in [0, 0.1) is 23.1 Å². The first-order chi connectivity index (χ1) is 13.1. The van der Waals surface area contributed by atoms with Gasteiger partial charge in [-0.1, -0.05) is 31.0 Å². The lowest BCUT2D eigenvalue weighted by Gasteiger charge is -2.21. The zero-order chi connectivity index (χ0) is 19.2. The lowest BCUT2D eigenvalue weighted by molar-refractivity contribution is 0.0740. The largest absolute Gasteiger partial charge is 0.376 e. The average Bonchev–Trinajstić information content (AvgIpc) is 2.68. The van der Waals surface area contributed by atoms with Gasteiger partial charge in [0.05, 0.1) is 12.3 Å². The van der Waals surface area contributed by atoms with Gasteiger partial charge in [0.25, 0.3) is 5.56 Å². The molecule has 0 spiro atoms. The van der Waals surface area contributed by atoms with Gasteiger partial charge in [0.1, 0.15) is 17.4 Å². The molecule has 5 nitrogen and oxygen atoms in total. The Labute approximate surface area is 162 Å². The summed E-state index contributed by atoms with van der Waals surface area (Å²) in [6, 6.07) is 6.17. The molecule has 0 aliphatic heterocycles. The lowest BCUT2D eigenvalue weighted by Crippen LogP contribution is -2.16. The number of aromatic nitrogens is 2. The second kappa shape index (κ2) is 9.16. The maximum atomic E-state index is 13.8. The molecule has 0 saturated heterocycles. The van der Waals surface area contributed by atoms with E-state index in [4.69, 9.17) is 4.74 Å². The van der Waals surface area contributed by atoms with Crippen molar-refractivity contribution in [1.82, 2.24) is 9.97 Å². The Morgan fingerprint density at radius 1 is 1.37 bits per heavy atom. The van der Waals surface area contributed by atoms with E-state index in [1.54, 1.807) is 12.3 Å². The number of thioether (sulfide) groups is 1. The molecule has 1 N–H and O–H groups in total. The molecule has 3 rings (SSSR count). The first-order valence-electron chi connectivity index (χ1n) is 9.07. The van der Waals surface area contributed by atoms with Crippen molar-refractivity contribution < 1.29 is 9.13 Å². The Morgan fingerprint density at radius 3 is 2.85 bits per heavy atom. The van der Waals surface area contributed by atoms with Crippen molar-refractivity contribution in [1.29, 1.82) is 5.26 Å². The number of nitrogens with zero attached hydrogens (tertiary/aromatic N) is 2. The van der Waals surface area contributed by atoms with Crippen LogP contribution in [0.3, 0.4) is 0 Å². The number of benzene rings is 1. The van der Waals surface area contributed by atoms with Gasteiger partial charge in [-0.15, -0.1) is 0 Å². The van der Waals surface area contributed by atoms with E-state index < -0.39 is 5.56 Å². The number of hydrogen-bond acceptors (Lipinski definition) is 5. The fourth-order valence-corrected chi connectivity index (χ4v) is 3.83. The molecule has 27 heavy (non-hydrogen) atoms. The molecule has 1 aliphatic rings. The van der Waals surface area contributed by atoms with Gasteiger partial charge < -0.3 is 9.72 Å². The maximum absolute atomic E-state index is 13.8. The summed E-state index contributed by atoms with van der Waals surface area (Å²) in [6.45, 7) is 0.859. The molecule has 1 fully saturated rings. The number of hydrogen-bond donors (Lipinski definition) is 1. The van der Waals surface area contributed by atoms with E-state index in [-0.39, 0.29) is 23.7 Å². The maximum Gasteiger partial charge on any atom is 0.270 e. The highest BCUT2D eigenvalue weighted by atomic mass is 32.2. The van der Waals surface area contributed by atoms with E-state index in [9.17, 15) is 14.4 Å². The summed E-state index contributed by atoms with van der Waals surface area (Å²) in [4.78, 5) is 19.1. The highest BCUT2D eigenvalue weighted by molar-refractivity contribution is 7.98. The quantitative estimate of drug-likeness (QED) is 0.592. The first kappa shape index (κ1) is 19.6. The minimum absolute atomic E-state index is 0.0760. The van der Waals surface area contributed by atoms with Crippen molar-refractivity contribution in [2.24, 2.45) is 5.92 Å². The van der Waals surface area contributed by atoms with Crippen molar-refractivity contribution in [3.05, 3.63) is 45.5 Å². The van der Waals surface area contributed by atoms with Crippen molar-refractivity contribution in [2.45, 2.75) is 43.9 Å². The predicted octanol–water partition coefficient (Wildman–Crippen LogP) is 4.27. The van der Waals surface area contributed by atoms with E-state index in [2.05, 4.69) is 9.97 Å². The molecular formula is C20H22FN3O2S. The van der Waals surface area contributed by atoms with Crippen LogP contribution in [0.1, 0.15) is 43.2 Å². The molecule has 1 aromatic carbocycles. The minimum Gasteiger partial charge on any atom is -0.376 e. The van der Waals surface area contributed by atoms with Gasteiger partial charge >= 0.3 is 0 Å². The number of halogens is 1. The van der Waals surface area contributed by atoms with Crippen LogP contribution >= 0.6 is 11.8 Å². The molecule has 0 radical (unpaired) electrons. The highest BCUT2D eigenvalue weighted by Crippen LogP contribution is 2.28. The standard InChI is InChI=1S/C20H22FN3O2S/c1-27-20-23-18(17(10-22)19(25)24-20)16-8-7-15(21)9-14(16)12-26-11-13-5-3-2-4-6-13/h7-9,13H,2-6,11-12H2,1H3,(H,23,24,25). The third-order valence-corrected chi connectivity index (χ3v) is 5.44. The van der Waals surface area contributed by atoms with Crippen molar-refractivity contribution in [3.8, 4) is 17.3 Å². The first-order valence-corrected chi connectivity index (χ1v) is 10.3. The molecular weight excluding hydrogens is 365 g/mol. The molecule has 2 aromatic rings. The van der Waals surface area contributed by atoms with E-state index in [0.717, 1.165) is 0 Å². The summed E-state index contributed by atoms with van der Waals surface area (Å²) >= 11 is 1.28. The SMILES string of the molecule is CSc1nc(-c2ccc(F)cc2COCC2CCCCC2)c(C#N)c(=O)[nH]1. The Hall–Kier alpha value is -2.17. The van der Waals surface area contributed by atoms with Crippen molar-refractivity contribution >= 4 is 11.8 Å². The molecule has 1 saturated carbocycles. The topological polar surface area (TPSA) is 78.8 Å². The van der Waals surface area contributed by atoms with E-state index in [0.29, 0.717) is 28.8 Å². The monoisotopic (exact) mass is 387 g/mol. The molecule has 0 atom stereocenters. The lowest BCUT2D eigenvalue weighted by atomic mass is 9.90. The molecule has 7 heteroatoms. The summed E-state index contributed by atoms with van der Waals surface area (Å²) in [7, 11) is 0. The summed E-state index contributed by atoms with van der Waals surface area (Å²) in [5.74, 6) is 0.162. The number of rotatable bonds is 6. The number of ether oxygens (including phenoxy) is 1. The van der Waals surface area contributed by atoms with E-state index in [1.165, 1.54) is 56.0 Å². The average molecular weight is 387 g/mol. The zero-order valence-electron chi connectivity index (χ0n) is 15.3.